The average Bonchev–Trinajstić information content (AvgIpc) is 2.62. The van der Waals surface area contributed by atoms with Gasteiger partial charge >= 0.3 is 0 Å². The van der Waals surface area contributed by atoms with Gasteiger partial charge in [-0.15, -0.1) is 0 Å². The summed E-state index contributed by atoms with van der Waals surface area (Å²) >= 11 is 0. The van der Waals surface area contributed by atoms with E-state index >= 15 is 0 Å². The highest BCUT2D eigenvalue weighted by Gasteiger charge is 2.22. The summed E-state index contributed by atoms with van der Waals surface area (Å²) in [5, 5.41) is 2.64. The van der Waals surface area contributed by atoms with Crippen LogP contribution in [0.5, 0.6) is 0 Å². The van der Waals surface area contributed by atoms with E-state index in [1.54, 1.807) is 13.2 Å². The lowest BCUT2D eigenvalue weighted by molar-refractivity contribution is 0.0950. The van der Waals surface area contributed by atoms with Crippen LogP contribution in [0, 0.1) is 0 Å². The van der Waals surface area contributed by atoms with Gasteiger partial charge in [0.2, 0.25) is 0 Å². The minimum absolute atomic E-state index is 0.0440. The van der Waals surface area contributed by atoms with Crippen molar-refractivity contribution in [1.82, 2.24) is 14.9 Å². The Balaban J connectivity index is 2.43. The minimum atomic E-state index is -0.0440. The van der Waals surface area contributed by atoms with E-state index in [4.69, 9.17) is 0 Å². The highest BCUT2D eigenvalue weighted by Crippen LogP contribution is 2.25. The third-order valence-electron chi connectivity index (χ3n) is 2.80. The molecule has 0 saturated heterocycles. The Morgan fingerprint density at radius 1 is 1.71 bits per heavy atom. The second kappa shape index (κ2) is 3.44. The molecule has 1 atom stereocenters. The van der Waals surface area contributed by atoms with Crippen LogP contribution < -0.4 is 5.32 Å². The molecule has 1 aromatic heterocycles. The number of carbonyl (C=O) groups excluding carboxylic acids is 1. The molecule has 1 N–H and O–H groups in total. The number of aromatic nitrogens is 2. The lowest BCUT2D eigenvalue weighted by Gasteiger charge is -2.23. The molecule has 0 saturated carbocycles. The van der Waals surface area contributed by atoms with Gasteiger partial charge in [0.05, 0.1) is 6.20 Å². The standard InChI is InChI=1S/C10H15N3O/c1-7-4-3-5-9-12-6-8(13(7)9)10(14)11-2/h6-7H,3-5H2,1-2H3,(H,11,14). The predicted molar refractivity (Wildman–Crippen MR) is 53.3 cm³/mol. The maximum absolute atomic E-state index is 11.5. The van der Waals surface area contributed by atoms with Crippen molar-refractivity contribution in [3.8, 4) is 0 Å². The first-order valence-corrected chi connectivity index (χ1v) is 5.02. The lowest BCUT2D eigenvalue weighted by atomic mass is 10.1. The largest absolute Gasteiger partial charge is 0.354 e. The smallest absolute Gasteiger partial charge is 0.269 e. The maximum atomic E-state index is 11.5. The van der Waals surface area contributed by atoms with E-state index in [2.05, 4.69) is 21.8 Å². The molecule has 76 valence electrons. The van der Waals surface area contributed by atoms with Crippen molar-refractivity contribution >= 4 is 5.91 Å². The van der Waals surface area contributed by atoms with Crippen LogP contribution in [0.25, 0.3) is 0 Å². The minimum Gasteiger partial charge on any atom is -0.354 e. The number of hydrogen-bond acceptors (Lipinski definition) is 2. The number of aryl methyl sites for hydroxylation is 1. The predicted octanol–water partition coefficient (Wildman–Crippen LogP) is 1.14. The van der Waals surface area contributed by atoms with Gasteiger partial charge in [0.15, 0.2) is 0 Å². The second-order valence-corrected chi connectivity index (χ2v) is 3.75. The zero-order chi connectivity index (χ0) is 10.1. The number of rotatable bonds is 1. The Labute approximate surface area is 83.3 Å². The molecular weight excluding hydrogens is 178 g/mol. The van der Waals surface area contributed by atoms with E-state index in [0.717, 1.165) is 18.7 Å². The molecule has 1 aliphatic rings. The van der Waals surface area contributed by atoms with Gasteiger partial charge in [-0.05, 0) is 19.8 Å². The summed E-state index contributed by atoms with van der Waals surface area (Å²) in [5.41, 5.74) is 0.690. The van der Waals surface area contributed by atoms with Crippen LogP contribution in [-0.4, -0.2) is 22.5 Å². The molecule has 1 aliphatic heterocycles. The maximum Gasteiger partial charge on any atom is 0.269 e. The van der Waals surface area contributed by atoms with Gasteiger partial charge in [-0.1, -0.05) is 0 Å². The highest BCUT2D eigenvalue weighted by atomic mass is 16.1. The van der Waals surface area contributed by atoms with E-state index in [9.17, 15) is 4.79 Å². The molecule has 1 amide bonds. The summed E-state index contributed by atoms with van der Waals surface area (Å²) in [7, 11) is 1.65. The normalized spacial score (nSPS) is 20.3. The Morgan fingerprint density at radius 3 is 3.21 bits per heavy atom. The van der Waals surface area contributed by atoms with Gasteiger partial charge in [0, 0.05) is 19.5 Å². The molecule has 4 heteroatoms. The Kier molecular flexibility index (Phi) is 2.27. The highest BCUT2D eigenvalue weighted by molar-refractivity contribution is 5.92. The molecule has 1 aromatic rings. The van der Waals surface area contributed by atoms with Crippen molar-refractivity contribution in [2.45, 2.75) is 32.2 Å². The van der Waals surface area contributed by atoms with Gasteiger partial charge in [-0.2, -0.15) is 0 Å². The molecule has 0 spiro atoms. The van der Waals surface area contributed by atoms with Crippen molar-refractivity contribution in [2.75, 3.05) is 7.05 Å². The zero-order valence-electron chi connectivity index (χ0n) is 8.58. The van der Waals surface area contributed by atoms with Gasteiger partial charge in [-0.3, -0.25) is 4.79 Å². The molecule has 4 nitrogen and oxygen atoms in total. The van der Waals surface area contributed by atoms with E-state index in [1.165, 1.54) is 6.42 Å². The van der Waals surface area contributed by atoms with E-state index in [-0.39, 0.29) is 5.91 Å². The summed E-state index contributed by atoms with van der Waals surface area (Å²) in [6.07, 6.45) is 4.97. The monoisotopic (exact) mass is 193 g/mol. The van der Waals surface area contributed by atoms with Gasteiger partial charge in [0.25, 0.3) is 5.91 Å². The van der Waals surface area contributed by atoms with E-state index in [1.807, 2.05) is 0 Å². The molecular formula is C10H15N3O. The fraction of sp³-hybridized carbons (Fsp3) is 0.600. The van der Waals surface area contributed by atoms with Gasteiger partial charge in [-0.25, -0.2) is 4.98 Å². The van der Waals surface area contributed by atoms with Crippen LogP contribution in [-0.2, 0) is 6.42 Å². The van der Waals surface area contributed by atoms with Crippen molar-refractivity contribution in [2.24, 2.45) is 0 Å². The van der Waals surface area contributed by atoms with E-state index in [0.29, 0.717) is 11.7 Å². The quantitative estimate of drug-likeness (QED) is 0.727. The average molecular weight is 193 g/mol. The van der Waals surface area contributed by atoms with Crippen molar-refractivity contribution in [3.05, 3.63) is 17.7 Å². The molecule has 14 heavy (non-hydrogen) atoms. The van der Waals surface area contributed by atoms with Gasteiger partial charge in [0.1, 0.15) is 11.5 Å². The van der Waals surface area contributed by atoms with Crippen LogP contribution in [0.4, 0.5) is 0 Å². The third-order valence-corrected chi connectivity index (χ3v) is 2.80. The summed E-state index contributed by atoms with van der Waals surface area (Å²) in [6, 6.07) is 0.397. The lowest BCUT2D eigenvalue weighted by Crippen LogP contribution is -2.25. The topological polar surface area (TPSA) is 46.9 Å². The third kappa shape index (κ3) is 1.31. The van der Waals surface area contributed by atoms with Crippen molar-refractivity contribution in [1.29, 1.82) is 0 Å². The molecule has 0 fully saturated rings. The van der Waals surface area contributed by atoms with Crippen LogP contribution in [0.15, 0.2) is 6.20 Å². The first-order valence-electron chi connectivity index (χ1n) is 5.02. The van der Waals surface area contributed by atoms with Crippen molar-refractivity contribution < 1.29 is 4.79 Å². The zero-order valence-corrected chi connectivity index (χ0v) is 8.58. The molecule has 0 bridgehead atoms. The summed E-state index contributed by atoms with van der Waals surface area (Å²) < 4.78 is 2.06. The summed E-state index contributed by atoms with van der Waals surface area (Å²) in [4.78, 5) is 15.8. The summed E-state index contributed by atoms with van der Waals surface area (Å²) in [6.45, 7) is 2.14. The number of nitrogens with zero attached hydrogens (tertiary/aromatic N) is 2. The van der Waals surface area contributed by atoms with Crippen LogP contribution >= 0.6 is 0 Å². The second-order valence-electron chi connectivity index (χ2n) is 3.75. The first kappa shape index (κ1) is 9.24. The SMILES string of the molecule is CNC(=O)c1cnc2n1C(C)CCC2. The molecule has 0 aromatic carbocycles. The first-order chi connectivity index (χ1) is 6.74. The van der Waals surface area contributed by atoms with Crippen LogP contribution in [0.1, 0.15) is 42.1 Å². The molecule has 2 heterocycles. The molecule has 0 radical (unpaired) electrons. The Bertz CT molecular complexity index is 356. The Morgan fingerprint density at radius 2 is 2.50 bits per heavy atom. The fourth-order valence-corrected chi connectivity index (χ4v) is 2.06. The van der Waals surface area contributed by atoms with Crippen LogP contribution in [0.2, 0.25) is 0 Å². The Hall–Kier alpha value is -1.32. The summed E-state index contributed by atoms with van der Waals surface area (Å²) in [5.74, 6) is 1.000. The number of hydrogen-bond donors (Lipinski definition) is 1. The molecule has 2 rings (SSSR count). The number of imidazole rings is 1. The number of carbonyl (C=O) groups is 1. The number of fused-ring (bicyclic) bond motifs is 1. The molecule has 0 aliphatic carbocycles. The van der Waals surface area contributed by atoms with Gasteiger partial charge < -0.3 is 9.88 Å². The molecule has 1 unspecified atom stereocenters. The van der Waals surface area contributed by atoms with Crippen LogP contribution in [0.3, 0.4) is 0 Å². The fourth-order valence-electron chi connectivity index (χ4n) is 2.06. The number of amides is 1. The van der Waals surface area contributed by atoms with Crippen molar-refractivity contribution in [3.63, 3.8) is 0 Å². The van der Waals surface area contributed by atoms with E-state index < -0.39 is 0 Å². The number of nitrogens with one attached hydrogen (secondary N) is 1.